The minimum absolute atomic E-state index is 0.00445. The van der Waals surface area contributed by atoms with Crippen molar-refractivity contribution in [2.45, 2.75) is 18.3 Å². The van der Waals surface area contributed by atoms with Gasteiger partial charge in [-0.15, -0.1) is 16.8 Å². The van der Waals surface area contributed by atoms with Crippen molar-refractivity contribution in [1.82, 2.24) is 19.3 Å². The molecule has 3 rings (SSSR count). The van der Waals surface area contributed by atoms with E-state index >= 15 is 0 Å². The predicted molar refractivity (Wildman–Crippen MR) is 101 cm³/mol. The van der Waals surface area contributed by atoms with Crippen molar-refractivity contribution in [2.75, 3.05) is 5.75 Å². The zero-order chi connectivity index (χ0) is 19.2. The van der Waals surface area contributed by atoms with Crippen LogP contribution in [0.5, 0.6) is 5.75 Å². The third kappa shape index (κ3) is 4.46. The second-order valence-corrected chi connectivity index (χ2v) is 6.68. The summed E-state index contributed by atoms with van der Waals surface area (Å²) >= 11 is 1.30. The van der Waals surface area contributed by atoms with E-state index in [4.69, 9.17) is 4.74 Å². The zero-order valence-electron chi connectivity index (χ0n) is 14.8. The second kappa shape index (κ2) is 8.68. The van der Waals surface area contributed by atoms with Crippen LogP contribution >= 0.6 is 11.8 Å². The number of carbonyl (C=O) groups excluding carboxylic acids is 1. The third-order valence-corrected chi connectivity index (χ3v) is 4.83. The molecule has 3 aromatic rings. The summed E-state index contributed by atoms with van der Waals surface area (Å²) in [6.45, 7) is 4.27. The standard InChI is InChI=1S/C19H19FN4O2S/c1-3-10-24-18(12-26-17-9-5-4-7-14(17)20)21-22-19(24)27-13-16(25)15-8-6-11-23(15)2/h3-9,11H,1,10,12-13H2,2H3. The van der Waals surface area contributed by atoms with Gasteiger partial charge in [0, 0.05) is 19.8 Å². The van der Waals surface area contributed by atoms with Crippen LogP contribution < -0.4 is 4.74 Å². The summed E-state index contributed by atoms with van der Waals surface area (Å²) in [7, 11) is 1.83. The van der Waals surface area contributed by atoms with Crippen molar-refractivity contribution in [3.8, 4) is 5.75 Å². The summed E-state index contributed by atoms with van der Waals surface area (Å²) in [6.07, 6.45) is 3.54. The molecule has 0 amide bonds. The largest absolute Gasteiger partial charge is 0.483 e. The number of benzene rings is 1. The van der Waals surface area contributed by atoms with Gasteiger partial charge in [-0.3, -0.25) is 9.36 Å². The van der Waals surface area contributed by atoms with Gasteiger partial charge >= 0.3 is 0 Å². The molecule has 0 bridgehead atoms. The summed E-state index contributed by atoms with van der Waals surface area (Å²) in [5, 5.41) is 8.85. The van der Waals surface area contributed by atoms with E-state index in [0.29, 0.717) is 23.2 Å². The Morgan fingerprint density at radius 2 is 2.11 bits per heavy atom. The van der Waals surface area contributed by atoms with Gasteiger partial charge in [-0.1, -0.05) is 30.0 Å². The zero-order valence-corrected chi connectivity index (χ0v) is 15.7. The van der Waals surface area contributed by atoms with Gasteiger partial charge in [-0.2, -0.15) is 0 Å². The van der Waals surface area contributed by atoms with E-state index in [9.17, 15) is 9.18 Å². The average molecular weight is 386 g/mol. The fourth-order valence-corrected chi connectivity index (χ4v) is 3.35. The first-order chi connectivity index (χ1) is 13.1. The maximum atomic E-state index is 13.7. The van der Waals surface area contributed by atoms with Crippen molar-refractivity contribution >= 4 is 17.5 Å². The van der Waals surface area contributed by atoms with E-state index in [0.717, 1.165) is 0 Å². The van der Waals surface area contributed by atoms with Gasteiger partial charge in [0.25, 0.3) is 0 Å². The van der Waals surface area contributed by atoms with Crippen molar-refractivity contribution in [1.29, 1.82) is 0 Å². The Morgan fingerprint density at radius 1 is 1.30 bits per heavy atom. The molecule has 8 heteroatoms. The Morgan fingerprint density at radius 3 is 2.81 bits per heavy atom. The Hall–Kier alpha value is -2.87. The molecule has 0 spiro atoms. The number of thioether (sulfide) groups is 1. The number of allylic oxidation sites excluding steroid dienone is 1. The Kier molecular flexibility index (Phi) is 6.08. The molecule has 0 aliphatic heterocycles. The fraction of sp³-hybridized carbons (Fsp3) is 0.211. The molecular weight excluding hydrogens is 367 g/mol. The van der Waals surface area contributed by atoms with Crippen LogP contribution in [0.25, 0.3) is 0 Å². The van der Waals surface area contributed by atoms with Crippen molar-refractivity contribution in [3.63, 3.8) is 0 Å². The monoisotopic (exact) mass is 386 g/mol. The molecule has 0 aliphatic rings. The first kappa shape index (κ1) is 18.9. The summed E-state index contributed by atoms with van der Waals surface area (Å²) in [5.41, 5.74) is 0.639. The molecule has 0 atom stereocenters. The number of Topliss-reactive ketones (excluding diaryl/α,β-unsaturated/α-hetero) is 1. The molecule has 0 saturated carbocycles. The molecule has 0 fully saturated rings. The Balaban J connectivity index is 1.69. The maximum absolute atomic E-state index is 13.7. The number of hydrogen-bond donors (Lipinski definition) is 0. The van der Waals surface area contributed by atoms with Crippen LogP contribution in [0.2, 0.25) is 0 Å². The average Bonchev–Trinajstić information content (AvgIpc) is 3.26. The third-order valence-electron chi connectivity index (χ3n) is 3.86. The van der Waals surface area contributed by atoms with Crippen molar-refractivity contribution in [2.24, 2.45) is 7.05 Å². The molecule has 2 aromatic heterocycles. The van der Waals surface area contributed by atoms with E-state index < -0.39 is 5.82 Å². The van der Waals surface area contributed by atoms with Gasteiger partial charge in [0.1, 0.15) is 6.61 Å². The molecule has 0 unspecified atom stereocenters. The molecule has 2 heterocycles. The number of carbonyl (C=O) groups is 1. The number of para-hydroxylation sites is 1. The summed E-state index contributed by atoms with van der Waals surface area (Å²) < 4.78 is 22.8. The lowest BCUT2D eigenvalue weighted by atomic mass is 10.3. The van der Waals surface area contributed by atoms with Crippen LogP contribution in [0.15, 0.2) is 60.4 Å². The topological polar surface area (TPSA) is 61.9 Å². The van der Waals surface area contributed by atoms with Gasteiger partial charge in [-0.05, 0) is 24.3 Å². The minimum Gasteiger partial charge on any atom is -0.483 e. The lowest BCUT2D eigenvalue weighted by Crippen LogP contribution is -2.10. The van der Waals surface area contributed by atoms with E-state index in [2.05, 4.69) is 16.8 Å². The summed E-state index contributed by atoms with van der Waals surface area (Å²) in [6, 6.07) is 9.80. The van der Waals surface area contributed by atoms with Crippen LogP contribution in [0, 0.1) is 5.82 Å². The van der Waals surface area contributed by atoms with Crippen LogP contribution in [0.3, 0.4) is 0 Å². The number of aromatic nitrogens is 4. The van der Waals surface area contributed by atoms with Crippen LogP contribution in [-0.2, 0) is 20.2 Å². The van der Waals surface area contributed by atoms with E-state index in [1.165, 1.54) is 17.8 Å². The van der Waals surface area contributed by atoms with Crippen LogP contribution in [-0.4, -0.2) is 30.9 Å². The number of ketones is 1. The molecule has 0 radical (unpaired) electrons. The van der Waals surface area contributed by atoms with Crippen LogP contribution in [0.4, 0.5) is 4.39 Å². The number of hydrogen-bond acceptors (Lipinski definition) is 5. The second-order valence-electron chi connectivity index (χ2n) is 5.73. The molecule has 0 N–H and O–H groups in total. The van der Waals surface area contributed by atoms with Gasteiger partial charge in [0.15, 0.2) is 28.3 Å². The van der Waals surface area contributed by atoms with Gasteiger partial charge in [0.05, 0.1) is 11.4 Å². The van der Waals surface area contributed by atoms with Crippen molar-refractivity contribution < 1.29 is 13.9 Å². The normalized spacial score (nSPS) is 10.7. The van der Waals surface area contributed by atoms with E-state index in [1.54, 1.807) is 39.5 Å². The molecular formula is C19H19FN4O2S. The first-order valence-electron chi connectivity index (χ1n) is 8.27. The highest BCUT2D eigenvalue weighted by molar-refractivity contribution is 7.99. The smallest absolute Gasteiger partial charge is 0.192 e. The molecule has 27 heavy (non-hydrogen) atoms. The van der Waals surface area contributed by atoms with Gasteiger partial charge < -0.3 is 9.30 Å². The summed E-state index contributed by atoms with van der Waals surface area (Å²) in [5.74, 6) is 0.493. The van der Waals surface area contributed by atoms with E-state index in [1.807, 2.05) is 19.3 Å². The summed E-state index contributed by atoms with van der Waals surface area (Å²) in [4.78, 5) is 12.3. The fourth-order valence-electron chi connectivity index (χ4n) is 2.50. The molecule has 1 aromatic carbocycles. The number of aryl methyl sites for hydroxylation is 1. The van der Waals surface area contributed by atoms with Crippen LogP contribution in [0.1, 0.15) is 16.3 Å². The number of halogens is 1. The SMILES string of the molecule is C=CCn1c(COc2ccccc2F)nnc1SCC(=O)c1cccn1C. The van der Waals surface area contributed by atoms with Crippen molar-refractivity contribution in [3.05, 3.63) is 72.6 Å². The highest BCUT2D eigenvalue weighted by Gasteiger charge is 2.16. The number of rotatable bonds is 9. The highest BCUT2D eigenvalue weighted by Crippen LogP contribution is 2.21. The molecule has 0 aliphatic carbocycles. The van der Waals surface area contributed by atoms with Gasteiger partial charge in [0.2, 0.25) is 0 Å². The molecule has 140 valence electrons. The lowest BCUT2D eigenvalue weighted by Gasteiger charge is -2.09. The predicted octanol–water partition coefficient (Wildman–Crippen LogP) is 3.50. The number of ether oxygens (including phenoxy) is 1. The van der Waals surface area contributed by atoms with E-state index in [-0.39, 0.29) is 23.9 Å². The van der Waals surface area contributed by atoms with Gasteiger partial charge in [-0.25, -0.2) is 4.39 Å². The Labute approximate surface area is 160 Å². The quantitative estimate of drug-likeness (QED) is 0.320. The Bertz CT molecular complexity index is 951. The number of nitrogens with zero attached hydrogens (tertiary/aromatic N) is 4. The first-order valence-corrected chi connectivity index (χ1v) is 9.26. The maximum Gasteiger partial charge on any atom is 0.192 e. The molecule has 6 nitrogen and oxygen atoms in total. The highest BCUT2D eigenvalue weighted by atomic mass is 32.2. The molecule has 0 saturated heterocycles. The minimum atomic E-state index is -0.435. The lowest BCUT2D eigenvalue weighted by molar-refractivity contribution is 0.101.